The van der Waals surface area contributed by atoms with Gasteiger partial charge in [-0.25, -0.2) is 8.78 Å². The van der Waals surface area contributed by atoms with Crippen molar-refractivity contribution in [1.29, 1.82) is 0 Å². The molecule has 31 heavy (non-hydrogen) atoms. The number of benzene rings is 2. The maximum atomic E-state index is 14.1. The average Bonchev–Trinajstić information content (AvgIpc) is 2.77. The van der Waals surface area contributed by atoms with Gasteiger partial charge < -0.3 is 20.3 Å². The van der Waals surface area contributed by atoms with Crippen LogP contribution >= 0.6 is 11.8 Å². The molecule has 0 aliphatic carbocycles. The van der Waals surface area contributed by atoms with Crippen molar-refractivity contribution in [3.63, 3.8) is 0 Å². The van der Waals surface area contributed by atoms with E-state index in [4.69, 9.17) is 10.5 Å². The molecule has 0 spiro atoms. The summed E-state index contributed by atoms with van der Waals surface area (Å²) in [4.78, 5) is 6.70. The molecule has 1 unspecified atom stereocenters. The molecule has 1 fully saturated rings. The summed E-state index contributed by atoms with van der Waals surface area (Å²) in [6.45, 7) is 5.18. The Morgan fingerprint density at radius 2 is 1.81 bits per heavy atom. The number of anilines is 2. The van der Waals surface area contributed by atoms with Crippen molar-refractivity contribution in [2.75, 3.05) is 44.7 Å². The predicted octanol–water partition coefficient (Wildman–Crippen LogP) is 5.09. The van der Waals surface area contributed by atoms with Crippen molar-refractivity contribution in [2.24, 2.45) is 11.7 Å². The Labute approximate surface area is 187 Å². The van der Waals surface area contributed by atoms with Crippen LogP contribution in [0.3, 0.4) is 0 Å². The normalized spacial score (nSPS) is 18.5. The van der Waals surface area contributed by atoms with Crippen molar-refractivity contribution >= 4 is 23.1 Å². The van der Waals surface area contributed by atoms with Crippen LogP contribution < -0.4 is 10.6 Å². The summed E-state index contributed by atoms with van der Waals surface area (Å²) in [7, 11) is 1.74. The maximum absolute atomic E-state index is 14.1. The molecule has 2 aromatic carbocycles. The summed E-state index contributed by atoms with van der Waals surface area (Å²) in [5.41, 5.74) is 7.73. The number of alkyl halides is 2. The largest absolute Gasteiger partial charge is 0.378 e. The van der Waals surface area contributed by atoms with E-state index in [1.807, 2.05) is 18.2 Å². The lowest BCUT2D eigenvalue weighted by Gasteiger charge is -2.38. The number of para-hydroxylation sites is 1. The highest BCUT2D eigenvalue weighted by molar-refractivity contribution is 7.99. The third-order valence-electron chi connectivity index (χ3n) is 6.35. The molecule has 2 aromatic rings. The lowest BCUT2D eigenvalue weighted by atomic mass is 9.97. The van der Waals surface area contributed by atoms with Crippen LogP contribution in [0.5, 0.6) is 0 Å². The number of piperidine rings is 1. The minimum atomic E-state index is -2.88. The molecule has 2 aliphatic rings. The molecule has 2 heterocycles. The second-order valence-electron chi connectivity index (χ2n) is 8.59. The Morgan fingerprint density at radius 3 is 2.48 bits per heavy atom. The Hall–Kier alpha value is -1.67. The molecule has 4 rings (SSSR count). The number of hydrogen-bond donors (Lipinski definition) is 1. The zero-order chi connectivity index (χ0) is 22.0. The molecular formula is C24H31F2N3OS. The van der Waals surface area contributed by atoms with Crippen LogP contribution in [0, 0.1) is 5.92 Å². The van der Waals surface area contributed by atoms with Gasteiger partial charge in [-0.2, -0.15) is 0 Å². The van der Waals surface area contributed by atoms with Crippen molar-refractivity contribution < 1.29 is 13.5 Å². The highest BCUT2D eigenvalue weighted by Crippen LogP contribution is 2.49. The molecule has 168 valence electrons. The third-order valence-corrected chi connectivity index (χ3v) is 7.48. The highest BCUT2D eigenvalue weighted by Gasteiger charge is 2.31. The lowest BCUT2D eigenvalue weighted by Crippen LogP contribution is -2.44. The Morgan fingerprint density at radius 1 is 1.10 bits per heavy atom. The van der Waals surface area contributed by atoms with Gasteiger partial charge in [0.05, 0.1) is 24.0 Å². The number of nitrogens with two attached hydrogens (primary N) is 1. The summed E-state index contributed by atoms with van der Waals surface area (Å²) in [5, 5.41) is 0. The van der Waals surface area contributed by atoms with Gasteiger partial charge in [0.25, 0.3) is 5.92 Å². The second-order valence-corrected chi connectivity index (χ2v) is 9.67. The molecule has 1 saturated heterocycles. The van der Waals surface area contributed by atoms with E-state index in [9.17, 15) is 8.78 Å². The first-order valence-corrected chi connectivity index (χ1v) is 11.7. The molecule has 0 amide bonds. The molecule has 2 N–H and O–H groups in total. The van der Waals surface area contributed by atoms with Crippen LogP contribution in [-0.2, 0) is 10.7 Å². The number of nitrogens with zero attached hydrogens (tertiary/aromatic N) is 2. The molecule has 7 heteroatoms. The van der Waals surface area contributed by atoms with E-state index in [-0.39, 0.29) is 11.7 Å². The smallest absolute Gasteiger partial charge is 0.270 e. The van der Waals surface area contributed by atoms with Crippen molar-refractivity contribution in [1.82, 2.24) is 4.90 Å². The van der Waals surface area contributed by atoms with Crippen LogP contribution in [0.2, 0.25) is 0 Å². The van der Waals surface area contributed by atoms with Crippen LogP contribution in [0.15, 0.2) is 52.3 Å². The number of rotatable bonds is 7. The number of methoxy groups -OCH3 is 1. The first-order valence-electron chi connectivity index (χ1n) is 10.9. The Balaban J connectivity index is 1.59. The maximum Gasteiger partial charge on any atom is 0.270 e. The number of hydrogen-bond acceptors (Lipinski definition) is 5. The van der Waals surface area contributed by atoms with Gasteiger partial charge in [-0.15, -0.1) is 0 Å². The molecular weight excluding hydrogens is 416 g/mol. The second kappa shape index (κ2) is 9.45. The van der Waals surface area contributed by atoms with Gasteiger partial charge in [-0.1, -0.05) is 30.0 Å². The summed E-state index contributed by atoms with van der Waals surface area (Å²) in [5.74, 6) is -2.26. The van der Waals surface area contributed by atoms with Crippen LogP contribution in [-0.4, -0.2) is 50.8 Å². The fourth-order valence-electron chi connectivity index (χ4n) is 4.40. The highest BCUT2D eigenvalue weighted by atomic mass is 32.2. The van der Waals surface area contributed by atoms with Gasteiger partial charge in [0.15, 0.2) is 0 Å². The number of ether oxygens (including phenoxy) is 1. The lowest BCUT2D eigenvalue weighted by molar-refractivity contribution is 0.0174. The molecule has 0 bridgehead atoms. The molecule has 2 aliphatic heterocycles. The van der Waals surface area contributed by atoms with Gasteiger partial charge in [0.2, 0.25) is 0 Å². The first-order chi connectivity index (χ1) is 14.9. The molecule has 0 aromatic heterocycles. The monoisotopic (exact) mass is 447 g/mol. The fourth-order valence-corrected chi connectivity index (χ4v) is 5.48. The van der Waals surface area contributed by atoms with Gasteiger partial charge in [-0.3, -0.25) is 0 Å². The van der Waals surface area contributed by atoms with E-state index in [0.717, 1.165) is 67.1 Å². The van der Waals surface area contributed by atoms with Crippen molar-refractivity contribution in [3.05, 3.63) is 48.0 Å². The molecule has 0 saturated carbocycles. The average molecular weight is 448 g/mol. The number of fused-ring (bicyclic) bond motifs is 2. The molecule has 0 radical (unpaired) electrons. The van der Waals surface area contributed by atoms with E-state index in [0.29, 0.717) is 12.5 Å². The minimum Gasteiger partial charge on any atom is -0.378 e. The zero-order valence-electron chi connectivity index (χ0n) is 18.2. The van der Waals surface area contributed by atoms with Gasteiger partial charge in [-0.05, 0) is 62.7 Å². The summed E-state index contributed by atoms with van der Waals surface area (Å²) in [6, 6.07) is 13.1. The first kappa shape index (κ1) is 22.5. The number of halogens is 2. The third kappa shape index (κ3) is 5.06. The topological polar surface area (TPSA) is 41.7 Å². The molecule has 1 atom stereocenters. The fraction of sp³-hybridized carbons (Fsp3) is 0.500. The van der Waals surface area contributed by atoms with E-state index < -0.39 is 5.92 Å². The van der Waals surface area contributed by atoms with Gasteiger partial charge in [0.1, 0.15) is 0 Å². The van der Waals surface area contributed by atoms with Gasteiger partial charge >= 0.3 is 0 Å². The Bertz CT molecular complexity index is 897. The summed E-state index contributed by atoms with van der Waals surface area (Å²) < 4.78 is 34.0. The van der Waals surface area contributed by atoms with E-state index >= 15 is 0 Å². The minimum absolute atomic E-state index is 0.0362. The van der Waals surface area contributed by atoms with Crippen LogP contribution in [0.1, 0.15) is 25.3 Å². The SMILES string of the molecule is COC(CN1CCC(CN)CC1)CN1c2ccccc2Sc2ccc(C(C)(F)F)cc21. The predicted molar refractivity (Wildman–Crippen MR) is 123 cm³/mol. The summed E-state index contributed by atoms with van der Waals surface area (Å²) >= 11 is 1.63. The van der Waals surface area contributed by atoms with Crippen LogP contribution in [0.25, 0.3) is 0 Å². The van der Waals surface area contributed by atoms with E-state index in [1.54, 1.807) is 24.9 Å². The van der Waals surface area contributed by atoms with E-state index in [2.05, 4.69) is 21.9 Å². The van der Waals surface area contributed by atoms with E-state index in [1.165, 1.54) is 6.07 Å². The molecule has 4 nitrogen and oxygen atoms in total. The number of likely N-dealkylation sites (tertiary alicyclic amines) is 1. The van der Waals surface area contributed by atoms with Gasteiger partial charge in [0, 0.05) is 35.9 Å². The quantitative estimate of drug-likeness (QED) is 0.641. The summed E-state index contributed by atoms with van der Waals surface area (Å²) in [6.07, 6.45) is 2.20. The van der Waals surface area contributed by atoms with Crippen LogP contribution in [0.4, 0.5) is 20.2 Å². The van der Waals surface area contributed by atoms with Crippen molar-refractivity contribution in [2.45, 2.75) is 41.6 Å². The standard InChI is InChI=1S/C24H31F2N3OS/c1-24(25,26)18-7-8-23-21(13-18)29(20-5-3-4-6-22(20)31-23)16-19(30-2)15-28-11-9-17(14-27)10-12-28/h3-8,13,17,19H,9-12,14-16,27H2,1-2H3. The van der Waals surface area contributed by atoms with Crippen molar-refractivity contribution in [3.8, 4) is 0 Å². The zero-order valence-corrected chi connectivity index (χ0v) is 19.0. The Kier molecular flexibility index (Phi) is 6.86.